The molecule has 0 aliphatic heterocycles. The third-order valence-corrected chi connectivity index (χ3v) is 2.88. The van der Waals surface area contributed by atoms with Gasteiger partial charge in [0.1, 0.15) is 0 Å². The topological polar surface area (TPSA) is 43.8 Å². The number of hydrogen-bond donors (Lipinski definition) is 1. The molecule has 0 spiro atoms. The van der Waals surface area contributed by atoms with Crippen molar-refractivity contribution in [2.75, 3.05) is 6.54 Å². The first-order chi connectivity index (χ1) is 6.33. The summed E-state index contributed by atoms with van der Waals surface area (Å²) in [6.45, 7) is 3.91. The molecule has 72 valence electrons. The molecule has 1 heterocycles. The maximum Gasteiger partial charge on any atom is 0.0656 e. The van der Waals surface area contributed by atoms with Crippen LogP contribution in [0.4, 0.5) is 0 Å². The molecule has 0 saturated heterocycles. The quantitative estimate of drug-likeness (QED) is 0.735. The first-order valence-electron chi connectivity index (χ1n) is 5.08. The minimum absolute atomic E-state index is 0.682. The predicted octanol–water partition coefficient (Wildman–Crippen LogP) is 0.967. The molecule has 0 radical (unpaired) electrons. The van der Waals surface area contributed by atoms with Crippen LogP contribution in [0.5, 0.6) is 0 Å². The van der Waals surface area contributed by atoms with Crippen molar-refractivity contribution in [2.45, 2.75) is 32.7 Å². The van der Waals surface area contributed by atoms with Crippen molar-refractivity contribution in [3.8, 4) is 0 Å². The summed E-state index contributed by atoms with van der Waals surface area (Å²) in [5, 5.41) is 4.51. The SMILES string of the molecule is CCn1cc2c(n1)CCC(CN)C2. The summed E-state index contributed by atoms with van der Waals surface area (Å²) in [6, 6.07) is 0. The maximum atomic E-state index is 5.67. The Morgan fingerprint density at radius 2 is 2.54 bits per heavy atom. The highest BCUT2D eigenvalue weighted by Crippen LogP contribution is 2.23. The van der Waals surface area contributed by atoms with E-state index in [0.29, 0.717) is 5.92 Å². The zero-order chi connectivity index (χ0) is 9.26. The first-order valence-corrected chi connectivity index (χ1v) is 5.08. The van der Waals surface area contributed by atoms with E-state index in [1.54, 1.807) is 0 Å². The number of fused-ring (bicyclic) bond motifs is 1. The molecule has 3 nitrogen and oxygen atoms in total. The summed E-state index contributed by atoms with van der Waals surface area (Å²) >= 11 is 0. The lowest BCUT2D eigenvalue weighted by atomic mass is 9.88. The fourth-order valence-electron chi connectivity index (χ4n) is 2.00. The zero-order valence-corrected chi connectivity index (χ0v) is 8.16. The third-order valence-electron chi connectivity index (χ3n) is 2.88. The predicted molar refractivity (Wildman–Crippen MR) is 52.5 cm³/mol. The summed E-state index contributed by atoms with van der Waals surface area (Å²) in [4.78, 5) is 0. The van der Waals surface area contributed by atoms with Crippen LogP contribution in [0.3, 0.4) is 0 Å². The smallest absolute Gasteiger partial charge is 0.0656 e. The summed E-state index contributed by atoms with van der Waals surface area (Å²) in [6.07, 6.45) is 5.64. The standard InChI is InChI=1S/C10H17N3/c1-2-13-7-9-5-8(6-11)3-4-10(9)12-13/h7-8H,2-6,11H2,1H3. The first kappa shape index (κ1) is 8.75. The van der Waals surface area contributed by atoms with Gasteiger partial charge >= 0.3 is 0 Å². The van der Waals surface area contributed by atoms with Crippen molar-refractivity contribution < 1.29 is 0 Å². The van der Waals surface area contributed by atoms with Gasteiger partial charge in [-0.15, -0.1) is 0 Å². The third kappa shape index (κ3) is 1.61. The Kier molecular flexibility index (Phi) is 2.36. The fourth-order valence-corrected chi connectivity index (χ4v) is 2.00. The van der Waals surface area contributed by atoms with E-state index in [0.717, 1.165) is 25.9 Å². The van der Waals surface area contributed by atoms with Crippen LogP contribution in [0.1, 0.15) is 24.6 Å². The summed E-state index contributed by atoms with van der Waals surface area (Å²) in [5.41, 5.74) is 8.39. The van der Waals surface area contributed by atoms with Gasteiger partial charge in [0.05, 0.1) is 5.69 Å². The van der Waals surface area contributed by atoms with Gasteiger partial charge < -0.3 is 5.73 Å². The van der Waals surface area contributed by atoms with E-state index in [2.05, 4.69) is 18.2 Å². The Labute approximate surface area is 78.9 Å². The number of nitrogens with zero attached hydrogens (tertiary/aromatic N) is 2. The van der Waals surface area contributed by atoms with Crippen LogP contribution in [0.25, 0.3) is 0 Å². The van der Waals surface area contributed by atoms with Crippen LogP contribution in [-0.4, -0.2) is 16.3 Å². The van der Waals surface area contributed by atoms with Crippen molar-refractivity contribution in [3.05, 3.63) is 17.5 Å². The highest BCUT2D eigenvalue weighted by molar-refractivity contribution is 5.20. The van der Waals surface area contributed by atoms with Gasteiger partial charge in [0.15, 0.2) is 0 Å². The van der Waals surface area contributed by atoms with Crippen LogP contribution >= 0.6 is 0 Å². The molecule has 1 atom stereocenters. The van der Waals surface area contributed by atoms with Crippen molar-refractivity contribution in [1.29, 1.82) is 0 Å². The number of nitrogens with two attached hydrogens (primary N) is 1. The zero-order valence-electron chi connectivity index (χ0n) is 8.16. The maximum absolute atomic E-state index is 5.67. The van der Waals surface area contributed by atoms with Gasteiger partial charge in [0, 0.05) is 12.7 Å². The van der Waals surface area contributed by atoms with Crippen LogP contribution in [-0.2, 0) is 19.4 Å². The Hall–Kier alpha value is -0.830. The minimum Gasteiger partial charge on any atom is -0.330 e. The molecule has 1 aromatic rings. The second-order valence-electron chi connectivity index (χ2n) is 3.80. The average Bonchev–Trinajstić information content (AvgIpc) is 2.58. The Balaban J connectivity index is 2.19. The summed E-state index contributed by atoms with van der Waals surface area (Å²) in [5.74, 6) is 0.682. The molecule has 1 aliphatic carbocycles. The average molecular weight is 179 g/mol. The Morgan fingerprint density at radius 3 is 3.23 bits per heavy atom. The van der Waals surface area contributed by atoms with Gasteiger partial charge in [-0.2, -0.15) is 5.10 Å². The highest BCUT2D eigenvalue weighted by atomic mass is 15.3. The van der Waals surface area contributed by atoms with Crippen molar-refractivity contribution in [2.24, 2.45) is 11.7 Å². The minimum atomic E-state index is 0.682. The van der Waals surface area contributed by atoms with E-state index in [9.17, 15) is 0 Å². The molecule has 13 heavy (non-hydrogen) atoms. The number of aromatic nitrogens is 2. The van der Waals surface area contributed by atoms with Crippen LogP contribution < -0.4 is 5.73 Å². The molecule has 2 rings (SSSR count). The van der Waals surface area contributed by atoms with Crippen molar-refractivity contribution in [3.63, 3.8) is 0 Å². The second-order valence-corrected chi connectivity index (χ2v) is 3.80. The molecule has 1 aromatic heterocycles. The summed E-state index contributed by atoms with van der Waals surface area (Å²) in [7, 11) is 0. The fraction of sp³-hybridized carbons (Fsp3) is 0.700. The largest absolute Gasteiger partial charge is 0.330 e. The Morgan fingerprint density at radius 1 is 1.69 bits per heavy atom. The van der Waals surface area contributed by atoms with Crippen LogP contribution in [0, 0.1) is 5.92 Å². The van der Waals surface area contributed by atoms with E-state index in [1.165, 1.54) is 17.7 Å². The molecule has 1 aliphatic rings. The Bertz CT molecular complexity index is 290. The van der Waals surface area contributed by atoms with E-state index >= 15 is 0 Å². The van der Waals surface area contributed by atoms with E-state index in [4.69, 9.17) is 5.73 Å². The molecular weight excluding hydrogens is 162 g/mol. The van der Waals surface area contributed by atoms with Gasteiger partial charge in [0.2, 0.25) is 0 Å². The van der Waals surface area contributed by atoms with Gasteiger partial charge in [-0.25, -0.2) is 0 Å². The van der Waals surface area contributed by atoms with Crippen LogP contribution in [0.15, 0.2) is 6.20 Å². The van der Waals surface area contributed by atoms with Gasteiger partial charge in [0.25, 0.3) is 0 Å². The molecule has 0 saturated carbocycles. The van der Waals surface area contributed by atoms with Crippen LogP contribution in [0.2, 0.25) is 0 Å². The molecule has 3 heteroatoms. The monoisotopic (exact) mass is 179 g/mol. The van der Waals surface area contributed by atoms with Gasteiger partial charge in [-0.1, -0.05) is 0 Å². The summed E-state index contributed by atoms with van der Waals surface area (Å²) < 4.78 is 2.03. The van der Waals surface area contributed by atoms with Gasteiger partial charge in [-0.3, -0.25) is 4.68 Å². The van der Waals surface area contributed by atoms with E-state index in [-0.39, 0.29) is 0 Å². The molecular formula is C10H17N3. The van der Waals surface area contributed by atoms with Gasteiger partial charge in [-0.05, 0) is 44.2 Å². The van der Waals surface area contributed by atoms with Crippen molar-refractivity contribution >= 4 is 0 Å². The second kappa shape index (κ2) is 3.50. The van der Waals surface area contributed by atoms with Crippen molar-refractivity contribution in [1.82, 2.24) is 9.78 Å². The number of rotatable bonds is 2. The molecule has 0 fully saturated rings. The number of aryl methyl sites for hydroxylation is 2. The number of hydrogen-bond acceptors (Lipinski definition) is 2. The van der Waals surface area contributed by atoms with E-state index < -0.39 is 0 Å². The molecule has 2 N–H and O–H groups in total. The molecule has 0 amide bonds. The lowest BCUT2D eigenvalue weighted by Crippen LogP contribution is -2.21. The van der Waals surface area contributed by atoms with E-state index in [1.807, 2.05) is 4.68 Å². The lowest BCUT2D eigenvalue weighted by molar-refractivity contribution is 0.465. The lowest BCUT2D eigenvalue weighted by Gasteiger charge is -2.18. The molecule has 0 aromatic carbocycles. The normalized spacial score (nSPS) is 21.5. The molecule has 1 unspecified atom stereocenters. The highest BCUT2D eigenvalue weighted by Gasteiger charge is 2.19. The molecule has 0 bridgehead atoms.